The first-order valence-electron chi connectivity index (χ1n) is 7.87. The number of carbonyl (C=O) groups excluding carboxylic acids is 2. The summed E-state index contributed by atoms with van der Waals surface area (Å²) in [7, 11) is 0. The van der Waals surface area contributed by atoms with E-state index < -0.39 is 0 Å². The first-order valence-corrected chi connectivity index (χ1v) is 8.25. The first kappa shape index (κ1) is 16.8. The second-order valence-electron chi connectivity index (χ2n) is 5.90. The highest BCUT2D eigenvalue weighted by Crippen LogP contribution is 2.39. The Morgan fingerprint density at radius 2 is 1.95 bits per heavy atom. The molecule has 0 aliphatic heterocycles. The lowest BCUT2D eigenvalue weighted by molar-refractivity contribution is -0.125. The van der Waals surface area contributed by atoms with Gasteiger partial charge < -0.3 is 10.6 Å². The maximum Gasteiger partial charge on any atom is 0.228 e. The SMILES string of the molecule is CCCCCNC(=O)C1CC1C(=O)Nc1ccc(Cl)cc1C. The van der Waals surface area contributed by atoms with E-state index in [9.17, 15) is 9.59 Å². The van der Waals surface area contributed by atoms with Crippen LogP contribution in [0.1, 0.15) is 38.2 Å². The van der Waals surface area contributed by atoms with E-state index in [0.29, 0.717) is 18.0 Å². The van der Waals surface area contributed by atoms with Gasteiger partial charge in [0.1, 0.15) is 0 Å². The van der Waals surface area contributed by atoms with Crippen LogP contribution in [0.5, 0.6) is 0 Å². The van der Waals surface area contributed by atoms with Gasteiger partial charge >= 0.3 is 0 Å². The molecular weight excluding hydrogens is 300 g/mol. The molecule has 2 amide bonds. The molecule has 22 heavy (non-hydrogen) atoms. The minimum Gasteiger partial charge on any atom is -0.356 e. The number of halogens is 1. The van der Waals surface area contributed by atoms with Crippen LogP contribution >= 0.6 is 11.6 Å². The van der Waals surface area contributed by atoms with Gasteiger partial charge in [0.05, 0.1) is 11.8 Å². The van der Waals surface area contributed by atoms with Gasteiger partial charge in [-0.15, -0.1) is 0 Å². The van der Waals surface area contributed by atoms with Gasteiger partial charge in [-0.1, -0.05) is 31.4 Å². The molecular formula is C17H23ClN2O2. The van der Waals surface area contributed by atoms with Gasteiger partial charge in [0, 0.05) is 17.3 Å². The minimum atomic E-state index is -0.207. The molecule has 2 rings (SSSR count). The number of anilines is 1. The van der Waals surface area contributed by atoms with Crippen LogP contribution in [-0.2, 0) is 9.59 Å². The third-order valence-electron chi connectivity index (χ3n) is 3.99. The number of amides is 2. The molecule has 1 aliphatic carbocycles. The lowest BCUT2D eigenvalue weighted by Gasteiger charge is -2.09. The summed E-state index contributed by atoms with van der Waals surface area (Å²) in [5, 5.41) is 6.44. The minimum absolute atomic E-state index is 0.00378. The highest BCUT2D eigenvalue weighted by molar-refractivity contribution is 6.30. The number of carbonyl (C=O) groups is 2. The van der Waals surface area contributed by atoms with Crippen molar-refractivity contribution >= 4 is 29.1 Å². The summed E-state index contributed by atoms with van der Waals surface area (Å²) in [5.74, 6) is -0.460. The smallest absolute Gasteiger partial charge is 0.228 e. The molecule has 1 aliphatic rings. The summed E-state index contributed by atoms with van der Waals surface area (Å²) in [6.07, 6.45) is 3.88. The van der Waals surface area contributed by atoms with Crippen LogP contribution in [0.4, 0.5) is 5.69 Å². The first-order chi connectivity index (χ1) is 10.5. The van der Waals surface area contributed by atoms with E-state index in [1.807, 2.05) is 13.0 Å². The molecule has 1 fully saturated rings. The molecule has 0 spiro atoms. The molecule has 4 nitrogen and oxygen atoms in total. The van der Waals surface area contributed by atoms with Gasteiger partial charge in [-0.05, 0) is 43.5 Å². The van der Waals surface area contributed by atoms with E-state index in [1.165, 1.54) is 0 Å². The summed E-state index contributed by atoms with van der Waals surface area (Å²) in [6, 6.07) is 5.34. The molecule has 0 aromatic heterocycles. The van der Waals surface area contributed by atoms with Crippen LogP contribution in [0.2, 0.25) is 5.02 Å². The zero-order valence-corrected chi connectivity index (χ0v) is 13.9. The van der Waals surface area contributed by atoms with Crippen LogP contribution in [0.25, 0.3) is 0 Å². The van der Waals surface area contributed by atoms with Gasteiger partial charge in [0.25, 0.3) is 0 Å². The summed E-state index contributed by atoms with van der Waals surface area (Å²) in [6.45, 7) is 4.72. The maximum atomic E-state index is 12.2. The topological polar surface area (TPSA) is 58.2 Å². The Morgan fingerprint density at radius 1 is 1.23 bits per heavy atom. The van der Waals surface area contributed by atoms with Gasteiger partial charge in [0.2, 0.25) is 11.8 Å². The number of hydrogen-bond donors (Lipinski definition) is 2. The molecule has 0 bridgehead atoms. The molecule has 2 unspecified atom stereocenters. The predicted octanol–water partition coefficient (Wildman–Crippen LogP) is 3.53. The lowest BCUT2D eigenvalue weighted by atomic mass is 10.2. The molecule has 1 aromatic rings. The lowest BCUT2D eigenvalue weighted by Crippen LogP contribution is -2.28. The van der Waals surface area contributed by atoms with E-state index >= 15 is 0 Å². The second kappa shape index (κ2) is 7.63. The van der Waals surface area contributed by atoms with Crippen molar-refractivity contribution in [1.29, 1.82) is 0 Å². The third kappa shape index (κ3) is 4.47. The molecule has 0 saturated heterocycles. The van der Waals surface area contributed by atoms with Crippen LogP contribution in [0, 0.1) is 18.8 Å². The van der Waals surface area contributed by atoms with E-state index in [-0.39, 0.29) is 23.7 Å². The molecule has 1 aromatic carbocycles. The van der Waals surface area contributed by atoms with Crippen molar-refractivity contribution in [2.24, 2.45) is 11.8 Å². The fourth-order valence-corrected chi connectivity index (χ4v) is 2.71. The van der Waals surface area contributed by atoms with Crippen molar-refractivity contribution in [3.8, 4) is 0 Å². The van der Waals surface area contributed by atoms with Crippen LogP contribution in [0.15, 0.2) is 18.2 Å². The number of rotatable bonds is 7. The molecule has 0 heterocycles. The average molecular weight is 323 g/mol. The summed E-state index contributed by atoms with van der Waals surface area (Å²) in [5.41, 5.74) is 1.67. The van der Waals surface area contributed by atoms with Gasteiger partial charge in [-0.2, -0.15) is 0 Å². The van der Waals surface area contributed by atoms with Crippen molar-refractivity contribution in [1.82, 2.24) is 5.32 Å². The Morgan fingerprint density at radius 3 is 2.64 bits per heavy atom. The van der Waals surface area contributed by atoms with E-state index in [4.69, 9.17) is 11.6 Å². The van der Waals surface area contributed by atoms with Gasteiger partial charge in [0.15, 0.2) is 0 Å². The highest BCUT2D eigenvalue weighted by atomic mass is 35.5. The van der Waals surface area contributed by atoms with Crippen LogP contribution < -0.4 is 10.6 Å². The number of unbranched alkanes of at least 4 members (excludes halogenated alkanes) is 2. The van der Waals surface area contributed by atoms with Crippen molar-refractivity contribution in [3.05, 3.63) is 28.8 Å². The zero-order valence-electron chi connectivity index (χ0n) is 13.1. The highest BCUT2D eigenvalue weighted by Gasteiger charge is 2.47. The molecule has 2 N–H and O–H groups in total. The van der Waals surface area contributed by atoms with Crippen molar-refractivity contribution in [3.63, 3.8) is 0 Å². The molecule has 5 heteroatoms. The summed E-state index contributed by atoms with van der Waals surface area (Å²) < 4.78 is 0. The van der Waals surface area contributed by atoms with Crippen molar-refractivity contribution < 1.29 is 9.59 Å². The number of nitrogens with one attached hydrogen (secondary N) is 2. The van der Waals surface area contributed by atoms with Crippen LogP contribution in [-0.4, -0.2) is 18.4 Å². The fraction of sp³-hybridized carbons (Fsp3) is 0.529. The van der Waals surface area contributed by atoms with E-state index in [2.05, 4.69) is 17.6 Å². The number of benzene rings is 1. The number of aryl methyl sites for hydroxylation is 1. The van der Waals surface area contributed by atoms with E-state index in [1.54, 1.807) is 12.1 Å². The predicted molar refractivity (Wildman–Crippen MR) is 89.0 cm³/mol. The molecule has 120 valence electrons. The Hall–Kier alpha value is -1.55. The Labute approximate surface area is 136 Å². The van der Waals surface area contributed by atoms with Gasteiger partial charge in [-0.3, -0.25) is 9.59 Å². The third-order valence-corrected chi connectivity index (χ3v) is 4.22. The zero-order chi connectivity index (χ0) is 16.1. The summed E-state index contributed by atoms with van der Waals surface area (Å²) >= 11 is 5.90. The molecule has 1 saturated carbocycles. The largest absolute Gasteiger partial charge is 0.356 e. The standard InChI is InChI=1S/C17H23ClN2O2/c1-3-4-5-8-19-16(21)13-10-14(13)17(22)20-15-7-6-12(18)9-11(15)2/h6-7,9,13-14H,3-5,8,10H2,1-2H3,(H,19,21)(H,20,22). The average Bonchev–Trinajstić information content (AvgIpc) is 3.27. The fourth-order valence-electron chi connectivity index (χ4n) is 2.48. The van der Waals surface area contributed by atoms with Gasteiger partial charge in [-0.25, -0.2) is 0 Å². The number of hydrogen-bond acceptors (Lipinski definition) is 2. The van der Waals surface area contributed by atoms with Crippen molar-refractivity contribution in [2.75, 3.05) is 11.9 Å². The second-order valence-corrected chi connectivity index (χ2v) is 6.33. The Balaban J connectivity index is 1.79. The van der Waals surface area contributed by atoms with E-state index in [0.717, 1.165) is 30.5 Å². The quantitative estimate of drug-likeness (QED) is 0.754. The Bertz CT molecular complexity index is 560. The maximum absolute atomic E-state index is 12.2. The van der Waals surface area contributed by atoms with Crippen LogP contribution in [0.3, 0.4) is 0 Å². The molecule has 2 atom stereocenters. The molecule has 0 radical (unpaired) electrons. The normalized spacial score (nSPS) is 19.6. The Kier molecular flexibility index (Phi) is 5.83. The monoisotopic (exact) mass is 322 g/mol. The summed E-state index contributed by atoms with van der Waals surface area (Å²) in [4.78, 5) is 24.1. The van der Waals surface area contributed by atoms with Crippen molar-refractivity contribution in [2.45, 2.75) is 39.5 Å².